The summed E-state index contributed by atoms with van der Waals surface area (Å²) in [5, 5.41) is 4.26. The van der Waals surface area contributed by atoms with Crippen LogP contribution in [0.25, 0.3) is 10.6 Å². The van der Waals surface area contributed by atoms with Crippen molar-refractivity contribution >= 4 is 27.3 Å². The summed E-state index contributed by atoms with van der Waals surface area (Å²) in [5.74, 6) is 0. The highest BCUT2D eigenvalue weighted by atomic mass is 79.9. The van der Waals surface area contributed by atoms with Crippen LogP contribution >= 0.6 is 27.3 Å². The van der Waals surface area contributed by atoms with E-state index in [1.165, 1.54) is 16.7 Å². The third kappa shape index (κ3) is 2.99. The Kier molecular flexibility index (Phi) is 4.54. The first-order valence-electron chi connectivity index (χ1n) is 5.99. The molecule has 0 aliphatic heterocycles. The zero-order valence-corrected chi connectivity index (χ0v) is 13.3. The Labute approximate surface area is 121 Å². The minimum Gasteiger partial charge on any atom is -0.319 e. The molecule has 18 heavy (non-hydrogen) atoms. The minimum absolute atomic E-state index is 0.953. The van der Waals surface area contributed by atoms with Gasteiger partial charge in [-0.2, -0.15) is 0 Å². The summed E-state index contributed by atoms with van der Waals surface area (Å²) in [6, 6.07) is 6.51. The molecule has 2 aromatic rings. The van der Waals surface area contributed by atoms with Gasteiger partial charge in [0.15, 0.2) is 0 Å². The molecule has 0 bridgehead atoms. The van der Waals surface area contributed by atoms with Crippen LogP contribution in [0.1, 0.15) is 16.8 Å². The third-order valence-corrected chi connectivity index (χ3v) is 4.74. The summed E-state index contributed by atoms with van der Waals surface area (Å²) in [6.07, 6.45) is 0.957. The average molecular weight is 325 g/mol. The Morgan fingerprint density at radius 2 is 2.11 bits per heavy atom. The summed E-state index contributed by atoms with van der Waals surface area (Å²) in [4.78, 5) is 4.74. The highest BCUT2D eigenvalue weighted by molar-refractivity contribution is 9.11. The van der Waals surface area contributed by atoms with Crippen LogP contribution in [0, 0.1) is 13.8 Å². The highest BCUT2D eigenvalue weighted by Crippen LogP contribution is 2.34. The van der Waals surface area contributed by atoms with Crippen molar-refractivity contribution in [2.45, 2.75) is 20.3 Å². The smallest absolute Gasteiger partial charge is 0.124 e. The molecular formula is C14H17BrN2S. The molecule has 1 N–H and O–H groups in total. The summed E-state index contributed by atoms with van der Waals surface area (Å²) >= 11 is 5.33. The lowest BCUT2D eigenvalue weighted by Gasteiger charge is -2.03. The maximum atomic E-state index is 4.74. The molecule has 0 radical (unpaired) electrons. The molecule has 0 atom stereocenters. The molecule has 4 heteroatoms. The van der Waals surface area contributed by atoms with Crippen molar-refractivity contribution in [3.05, 3.63) is 38.8 Å². The maximum Gasteiger partial charge on any atom is 0.124 e. The summed E-state index contributed by atoms with van der Waals surface area (Å²) in [7, 11) is 1.96. The van der Waals surface area contributed by atoms with Gasteiger partial charge in [0.1, 0.15) is 5.01 Å². The molecule has 0 aliphatic rings. The number of rotatable bonds is 4. The van der Waals surface area contributed by atoms with Crippen LogP contribution in [-0.4, -0.2) is 18.6 Å². The number of nitrogens with zero attached hydrogens (tertiary/aromatic N) is 1. The van der Waals surface area contributed by atoms with Crippen LogP contribution in [0.5, 0.6) is 0 Å². The molecule has 0 saturated carbocycles. The fourth-order valence-electron chi connectivity index (χ4n) is 1.90. The Morgan fingerprint density at radius 1 is 1.33 bits per heavy atom. The Morgan fingerprint density at radius 3 is 2.78 bits per heavy atom. The van der Waals surface area contributed by atoms with E-state index in [9.17, 15) is 0 Å². The lowest BCUT2D eigenvalue weighted by molar-refractivity contribution is 0.779. The van der Waals surface area contributed by atoms with E-state index >= 15 is 0 Å². The topological polar surface area (TPSA) is 24.9 Å². The van der Waals surface area contributed by atoms with Crippen LogP contribution in [0.2, 0.25) is 0 Å². The van der Waals surface area contributed by atoms with Gasteiger partial charge in [0.2, 0.25) is 0 Å². The van der Waals surface area contributed by atoms with E-state index in [0.29, 0.717) is 0 Å². The van der Waals surface area contributed by atoms with Gasteiger partial charge in [0.25, 0.3) is 0 Å². The second kappa shape index (κ2) is 5.95. The van der Waals surface area contributed by atoms with Crippen LogP contribution in [-0.2, 0) is 6.42 Å². The van der Waals surface area contributed by atoms with Gasteiger partial charge in [0, 0.05) is 18.5 Å². The molecule has 1 heterocycles. The first-order valence-corrected chi connectivity index (χ1v) is 7.60. The van der Waals surface area contributed by atoms with E-state index < -0.39 is 0 Å². The predicted octanol–water partition coefficient (Wildman–Crippen LogP) is 3.95. The number of hydrogen-bond donors (Lipinski definition) is 1. The van der Waals surface area contributed by atoms with Gasteiger partial charge >= 0.3 is 0 Å². The maximum absolute atomic E-state index is 4.74. The number of aromatic nitrogens is 1. The molecule has 0 spiro atoms. The second-order valence-corrected chi connectivity index (χ2v) is 6.73. The van der Waals surface area contributed by atoms with Gasteiger partial charge in [-0.25, -0.2) is 4.98 Å². The number of nitrogens with one attached hydrogen (secondary N) is 1. The molecule has 0 amide bonds. The number of likely N-dealkylation sites (N-methyl/N-ethyl adjacent to an activating group) is 1. The Balaban J connectivity index is 2.33. The van der Waals surface area contributed by atoms with Crippen molar-refractivity contribution in [3.63, 3.8) is 0 Å². The Hall–Kier alpha value is -0.710. The summed E-state index contributed by atoms with van der Waals surface area (Å²) in [5.41, 5.74) is 4.96. The van der Waals surface area contributed by atoms with Crippen molar-refractivity contribution in [1.29, 1.82) is 0 Å². The molecule has 2 rings (SSSR count). The van der Waals surface area contributed by atoms with Crippen molar-refractivity contribution in [2.75, 3.05) is 13.6 Å². The molecular weight excluding hydrogens is 308 g/mol. The quantitative estimate of drug-likeness (QED) is 0.921. The first-order chi connectivity index (χ1) is 8.61. The molecule has 1 aromatic heterocycles. The number of thiazole rings is 1. The Bertz CT molecular complexity index is 549. The van der Waals surface area contributed by atoms with E-state index in [4.69, 9.17) is 4.98 Å². The normalized spacial score (nSPS) is 10.9. The van der Waals surface area contributed by atoms with E-state index in [-0.39, 0.29) is 0 Å². The largest absolute Gasteiger partial charge is 0.319 e. The van der Waals surface area contributed by atoms with E-state index in [1.54, 1.807) is 11.3 Å². The average Bonchev–Trinajstić information content (AvgIpc) is 2.68. The van der Waals surface area contributed by atoms with Crippen molar-refractivity contribution in [1.82, 2.24) is 10.3 Å². The van der Waals surface area contributed by atoms with Crippen molar-refractivity contribution < 1.29 is 0 Å². The molecule has 1 aromatic carbocycles. The summed E-state index contributed by atoms with van der Waals surface area (Å²) in [6.45, 7) is 5.21. The zero-order valence-electron chi connectivity index (χ0n) is 10.9. The van der Waals surface area contributed by atoms with E-state index in [0.717, 1.165) is 27.5 Å². The zero-order chi connectivity index (χ0) is 13.1. The van der Waals surface area contributed by atoms with Gasteiger partial charge in [-0.1, -0.05) is 23.8 Å². The van der Waals surface area contributed by atoms with Gasteiger partial charge in [-0.3, -0.25) is 0 Å². The molecule has 0 saturated heterocycles. The van der Waals surface area contributed by atoms with Gasteiger partial charge in [0.05, 0.1) is 9.48 Å². The van der Waals surface area contributed by atoms with Crippen LogP contribution in [0.15, 0.2) is 22.0 Å². The standard InChI is InChI=1S/C14H17BrN2S/c1-9-4-5-11(10(2)8-9)14-17-12(6-7-16-3)13(15)18-14/h4-5,8,16H,6-7H2,1-3H3. The molecule has 96 valence electrons. The molecule has 2 nitrogen and oxygen atoms in total. The molecule has 0 fully saturated rings. The second-order valence-electron chi connectivity index (χ2n) is 4.41. The molecule has 0 aliphatic carbocycles. The monoisotopic (exact) mass is 324 g/mol. The van der Waals surface area contributed by atoms with Crippen LogP contribution < -0.4 is 5.32 Å². The first kappa shape index (κ1) is 13.7. The lowest BCUT2D eigenvalue weighted by atomic mass is 10.1. The van der Waals surface area contributed by atoms with Crippen molar-refractivity contribution in [2.24, 2.45) is 0 Å². The highest BCUT2D eigenvalue weighted by Gasteiger charge is 2.11. The van der Waals surface area contributed by atoms with Crippen LogP contribution in [0.3, 0.4) is 0 Å². The van der Waals surface area contributed by atoms with Crippen molar-refractivity contribution in [3.8, 4) is 10.6 Å². The van der Waals surface area contributed by atoms with Gasteiger partial charge in [-0.15, -0.1) is 11.3 Å². The van der Waals surface area contributed by atoms with Gasteiger partial charge < -0.3 is 5.32 Å². The van der Waals surface area contributed by atoms with Crippen LogP contribution in [0.4, 0.5) is 0 Å². The lowest BCUT2D eigenvalue weighted by Crippen LogP contribution is -2.10. The van der Waals surface area contributed by atoms with E-state index in [1.807, 2.05) is 7.05 Å². The predicted molar refractivity (Wildman–Crippen MR) is 82.4 cm³/mol. The third-order valence-electron chi connectivity index (χ3n) is 2.87. The number of benzene rings is 1. The summed E-state index contributed by atoms with van der Waals surface area (Å²) < 4.78 is 1.15. The van der Waals surface area contributed by atoms with Gasteiger partial charge in [-0.05, 0) is 42.4 Å². The SMILES string of the molecule is CNCCc1nc(-c2ccc(C)cc2C)sc1Br. The number of halogens is 1. The fraction of sp³-hybridized carbons (Fsp3) is 0.357. The van der Waals surface area contributed by atoms with E-state index in [2.05, 4.69) is 53.3 Å². The minimum atomic E-state index is 0.953. The number of aryl methyl sites for hydroxylation is 2. The fourth-order valence-corrected chi connectivity index (χ4v) is 3.58. The number of hydrogen-bond acceptors (Lipinski definition) is 3. The molecule has 0 unspecified atom stereocenters.